The van der Waals surface area contributed by atoms with Gasteiger partial charge in [-0.3, -0.25) is 4.79 Å². The van der Waals surface area contributed by atoms with E-state index in [0.717, 1.165) is 11.1 Å². The molecule has 2 N–H and O–H groups in total. The first-order valence-electron chi connectivity index (χ1n) is 7.55. The first kappa shape index (κ1) is 16.7. The lowest BCUT2D eigenvalue weighted by atomic mass is 9.99. The highest BCUT2D eigenvalue weighted by Gasteiger charge is 2.15. The summed E-state index contributed by atoms with van der Waals surface area (Å²) >= 11 is 6.08. The van der Waals surface area contributed by atoms with E-state index in [1.165, 1.54) is 18.2 Å². The Hall–Kier alpha value is -3.11. The van der Waals surface area contributed by atoms with E-state index >= 15 is 0 Å². The van der Waals surface area contributed by atoms with Crippen molar-refractivity contribution in [3.8, 4) is 11.1 Å². The van der Waals surface area contributed by atoms with Gasteiger partial charge in [-0.05, 0) is 35.4 Å². The molecule has 0 saturated carbocycles. The summed E-state index contributed by atoms with van der Waals surface area (Å²) in [5.74, 6) is -1.44. The van der Waals surface area contributed by atoms with E-state index in [9.17, 15) is 9.59 Å². The molecule has 3 rings (SSSR count). The first-order chi connectivity index (χ1) is 12.1. The number of carboxylic acid groups (broad SMARTS) is 1. The monoisotopic (exact) mass is 351 g/mol. The molecular weight excluding hydrogens is 338 g/mol. The molecule has 0 unspecified atom stereocenters. The second-order valence-corrected chi connectivity index (χ2v) is 5.77. The Morgan fingerprint density at radius 3 is 2.28 bits per heavy atom. The third kappa shape index (κ3) is 3.70. The van der Waals surface area contributed by atoms with Crippen LogP contribution in [0.2, 0.25) is 5.02 Å². The molecule has 0 aliphatic rings. The third-order valence-electron chi connectivity index (χ3n) is 3.72. The standard InChI is InChI=1S/C20H14ClNO3/c21-17-11-10-14(20(24)25)12-18(17)22-19(23)16-9-5-4-8-15(16)13-6-2-1-3-7-13/h1-12H,(H,22,23)(H,24,25). The topological polar surface area (TPSA) is 66.4 Å². The molecule has 4 nitrogen and oxygen atoms in total. The molecule has 124 valence electrons. The number of hydrogen-bond donors (Lipinski definition) is 2. The highest BCUT2D eigenvalue weighted by atomic mass is 35.5. The van der Waals surface area contributed by atoms with Crippen LogP contribution in [0, 0.1) is 0 Å². The molecule has 0 bridgehead atoms. The van der Waals surface area contributed by atoms with Crippen LogP contribution in [-0.2, 0) is 0 Å². The van der Waals surface area contributed by atoms with Crippen molar-refractivity contribution in [3.63, 3.8) is 0 Å². The molecule has 0 fully saturated rings. The summed E-state index contributed by atoms with van der Waals surface area (Å²) in [5, 5.41) is 12.1. The molecule has 0 spiro atoms. The van der Waals surface area contributed by atoms with Crippen LogP contribution < -0.4 is 5.32 Å². The predicted molar refractivity (Wildman–Crippen MR) is 98.2 cm³/mol. The maximum atomic E-state index is 12.7. The van der Waals surface area contributed by atoms with Gasteiger partial charge in [-0.25, -0.2) is 4.79 Å². The number of carbonyl (C=O) groups is 2. The number of aromatic carboxylic acids is 1. The number of nitrogens with one attached hydrogen (secondary N) is 1. The summed E-state index contributed by atoms with van der Waals surface area (Å²) in [7, 11) is 0. The molecule has 0 atom stereocenters. The van der Waals surface area contributed by atoms with E-state index < -0.39 is 5.97 Å². The van der Waals surface area contributed by atoms with E-state index in [4.69, 9.17) is 16.7 Å². The number of carbonyl (C=O) groups excluding carboxylic acids is 1. The van der Waals surface area contributed by atoms with Crippen molar-refractivity contribution >= 4 is 29.2 Å². The molecular formula is C20H14ClNO3. The Morgan fingerprint density at radius 1 is 0.880 bits per heavy atom. The third-order valence-corrected chi connectivity index (χ3v) is 4.05. The van der Waals surface area contributed by atoms with Gasteiger partial charge in [0.15, 0.2) is 0 Å². The van der Waals surface area contributed by atoms with E-state index in [2.05, 4.69) is 5.32 Å². The quantitative estimate of drug-likeness (QED) is 0.698. The fourth-order valence-corrected chi connectivity index (χ4v) is 2.66. The van der Waals surface area contributed by atoms with Crippen molar-refractivity contribution < 1.29 is 14.7 Å². The van der Waals surface area contributed by atoms with Crippen molar-refractivity contribution in [2.75, 3.05) is 5.32 Å². The summed E-state index contributed by atoms with van der Waals surface area (Å²) in [5.41, 5.74) is 2.49. The zero-order valence-electron chi connectivity index (χ0n) is 13.1. The average molecular weight is 352 g/mol. The van der Waals surface area contributed by atoms with Crippen LogP contribution >= 0.6 is 11.6 Å². The largest absolute Gasteiger partial charge is 0.478 e. The minimum atomic E-state index is -1.09. The van der Waals surface area contributed by atoms with Gasteiger partial charge in [-0.1, -0.05) is 60.1 Å². The van der Waals surface area contributed by atoms with Crippen LogP contribution in [0.15, 0.2) is 72.8 Å². The van der Waals surface area contributed by atoms with E-state index in [1.54, 1.807) is 12.1 Å². The van der Waals surface area contributed by atoms with E-state index in [1.807, 2.05) is 42.5 Å². The number of rotatable bonds is 4. The van der Waals surface area contributed by atoms with Crippen molar-refractivity contribution in [2.45, 2.75) is 0 Å². The second-order valence-electron chi connectivity index (χ2n) is 5.37. The predicted octanol–water partition coefficient (Wildman–Crippen LogP) is 4.96. The summed E-state index contributed by atoms with van der Waals surface area (Å²) in [6.45, 7) is 0. The lowest BCUT2D eigenvalue weighted by Crippen LogP contribution is -2.14. The molecule has 3 aromatic rings. The van der Waals surface area contributed by atoms with E-state index in [0.29, 0.717) is 5.56 Å². The minimum Gasteiger partial charge on any atom is -0.478 e. The number of anilines is 1. The van der Waals surface area contributed by atoms with Crippen LogP contribution in [-0.4, -0.2) is 17.0 Å². The highest BCUT2D eigenvalue weighted by Crippen LogP contribution is 2.27. The minimum absolute atomic E-state index is 0.0519. The maximum absolute atomic E-state index is 12.7. The summed E-state index contributed by atoms with van der Waals surface area (Å²) in [6.07, 6.45) is 0. The molecule has 3 aromatic carbocycles. The normalized spacial score (nSPS) is 10.3. The maximum Gasteiger partial charge on any atom is 0.335 e. The van der Waals surface area contributed by atoms with Crippen molar-refractivity contribution in [2.24, 2.45) is 0 Å². The molecule has 0 aliphatic carbocycles. The molecule has 5 heteroatoms. The number of amides is 1. The van der Waals surface area contributed by atoms with Crippen LogP contribution in [0.25, 0.3) is 11.1 Å². The van der Waals surface area contributed by atoms with Gasteiger partial charge < -0.3 is 10.4 Å². The number of hydrogen-bond acceptors (Lipinski definition) is 2. The summed E-state index contributed by atoms with van der Waals surface area (Å²) in [6, 6.07) is 20.9. The Kier molecular flexibility index (Phi) is 4.82. The molecule has 0 heterocycles. The van der Waals surface area contributed by atoms with Crippen molar-refractivity contribution in [3.05, 3.63) is 88.9 Å². The Bertz CT molecular complexity index is 939. The van der Waals surface area contributed by atoms with Crippen molar-refractivity contribution in [1.82, 2.24) is 0 Å². The van der Waals surface area contributed by atoms with Gasteiger partial charge in [-0.15, -0.1) is 0 Å². The van der Waals surface area contributed by atoms with Crippen LogP contribution in [0.1, 0.15) is 20.7 Å². The highest BCUT2D eigenvalue weighted by molar-refractivity contribution is 6.34. The van der Waals surface area contributed by atoms with Gasteiger partial charge >= 0.3 is 5.97 Å². The first-order valence-corrected chi connectivity index (χ1v) is 7.92. The number of benzene rings is 3. The van der Waals surface area contributed by atoms with E-state index in [-0.39, 0.29) is 22.2 Å². The lowest BCUT2D eigenvalue weighted by molar-refractivity contribution is 0.0696. The Labute approximate surface area is 149 Å². The van der Waals surface area contributed by atoms with Gasteiger partial charge in [-0.2, -0.15) is 0 Å². The van der Waals surface area contributed by atoms with Crippen molar-refractivity contribution in [1.29, 1.82) is 0 Å². The SMILES string of the molecule is O=C(O)c1ccc(Cl)c(NC(=O)c2ccccc2-c2ccccc2)c1. The average Bonchev–Trinajstić information content (AvgIpc) is 2.64. The van der Waals surface area contributed by atoms with Crippen LogP contribution in [0.3, 0.4) is 0 Å². The molecule has 0 saturated heterocycles. The Morgan fingerprint density at radius 2 is 1.56 bits per heavy atom. The molecule has 0 radical (unpaired) electrons. The Balaban J connectivity index is 1.96. The van der Waals surface area contributed by atoms with Gasteiger partial charge in [0.05, 0.1) is 16.3 Å². The molecule has 25 heavy (non-hydrogen) atoms. The molecule has 0 aromatic heterocycles. The molecule has 0 aliphatic heterocycles. The lowest BCUT2D eigenvalue weighted by Gasteiger charge is -2.12. The van der Waals surface area contributed by atoms with Gasteiger partial charge in [0, 0.05) is 5.56 Å². The number of halogens is 1. The van der Waals surface area contributed by atoms with Gasteiger partial charge in [0.25, 0.3) is 5.91 Å². The zero-order chi connectivity index (χ0) is 17.8. The second kappa shape index (κ2) is 7.20. The number of carboxylic acids is 1. The fourth-order valence-electron chi connectivity index (χ4n) is 2.49. The smallest absolute Gasteiger partial charge is 0.335 e. The fraction of sp³-hybridized carbons (Fsp3) is 0. The zero-order valence-corrected chi connectivity index (χ0v) is 13.8. The van der Waals surface area contributed by atoms with Crippen LogP contribution in [0.4, 0.5) is 5.69 Å². The molecule has 1 amide bonds. The summed E-state index contributed by atoms with van der Waals surface area (Å²) < 4.78 is 0. The van der Waals surface area contributed by atoms with Gasteiger partial charge in [0.2, 0.25) is 0 Å². The van der Waals surface area contributed by atoms with Gasteiger partial charge in [0.1, 0.15) is 0 Å². The van der Waals surface area contributed by atoms with Crippen LogP contribution in [0.5, 0.6) is 0 Å². The summed E-state index contributed by atoms with van der Waals surface area (Å²) in [4.78, 5) is 23.8.